The predicted octanol–water partition coefficient (Wildman–Crippen LogP) is 1.78. The number of aromatic amines is 1. The lowest BCUT2D eigenvalue weighted by Gasteiger charge is -2.17. The highest BCUT2D eigenvalue weighted by Gasteiger charge is 2.33. The average Bonchev–Trinajstić information content (AvgIpc) is 3.25. The molecule has 1 saturated heterocycles. The number of aliphatic hydroxyl groups excluding tert-OH is 1. The van der Waals surface area contributed by atoms with Crippen molar-refractivity contribution in [3.05, 3.63) is 59.9 Å². The van der Waals surface area contributed by atoms with Crippen LogP contribution in [0.4, 0.5) is 4.39 Å². The molecule has 0 saturated carbocycles. The van der Waals surface area contributed by atoms with E-state index in [2.05, 4.69) is 15.6 Å². The second-order valence-corrected chi connectivity index (χ2v) is 7.33. The molecule has 2 aromatic carbocycles. The van der Waals surface area contributed by atoms with Crippen LogP contribution in [-0.4, -0.2) is 47.5 Å². The zero-order chi connectivity index (χ0) is 20.4. The number of hydrogen-bond donors (Lipinski definition) is 4. The zero-order valence-corrected chi connectivity index (χ0v) is 15.7. The van der Waals surface area contributed by atoms with Crippen molar-refractivity contribution in [1.29, 1.82) is 0 Å². The summed E-state index contributed by atoms with van der Waals surface area (Å²) in [6.45, 7) is 0.428. The van der Waals surface area contributed by atoms with Crippen molar-refractivity contribution in [2.45, 2.75) is 18.6 Å². The number of carbonyl (C=O) groups is 2. The highest BCUT2D eigenvalue weighted by Crippen LogP contribution is 2.32. The third-order valence-electron chi connectivity index (χ3n) is 5.34. The Kier molecular flexibility index (Phi) is 5.42. The van der Waals surface area contributed by atoms with E-state index in [9.17, 15) is 19.1 Å². The van der Waals surface area contributed by atoms with Crippen LogP contribution < -0.4 is 10.6 Å². The molecule has 7 heteroatoms. The van der Waals surface area contributed by atoms with Crippen LogP contribution >= 0.6 is 0 Å². The second kappa shape index (κ2) is 8.14. The third-order valence-corrected chi connectivity index (χ3v) is 5.34. The molecule has 6 nitrogen and oxygen atoms in total. The molecule has 1 aliphatic rings. The van der Waals surface area contributed by atoms with E-state index >= 15 is 0 Å². The minimum Gasteiger partial charge on any atom is -0.389 e. The number of nitrogens with one attached hydrogen (secondary N) is 3. The van der Waals surface area contributed by atoms with Crippen LogP contribution in [0.25, 0.3) is 22.2 Å². The summed E-state index contributed by atoms with van der Waals surface area (Å²) in [6, 6.07) is 13.5. The number of β-amino-alcohol motifs (C(OH)–C–C–N with tert-alkyl or cyclic N) is 1. The molecular formula is C22H22FN3O3. The van der Waals surface area contributed by atoms with Crippen molar-refractivity contribution in [2.75, 3.05) is 13.1 Å². The van der Waals surface area contributed by atoms with Gasteiger partial charge in [0, 0.05) is 35.6 Å². The summed E-state index contributed by atoms with van der Waals surface area (Å²) in [7, 11) is 0. The van der Waals surface area contributed by atoms with E-state index in [1.807, 2.05) is 30.3 Å². The van der Waals surface area contributed by atoms with Gasteiger partial charge in [-0.25, -0.2) is 4.39 Å². The number of hydrogen-bond acceptors (Lipinski definition) is 4. The summed E-state index contributed by atoms with van der Waals surface area (Å²) in [5.74, 6) is -1.06. The van der Waals surface area contributed by atoms with E-state index < -0.39 is 18.1 Å². The van der Waals surface area contributed by atoms with E-state index in [4.69, 9.17) is 0 Å². The lowest BCUT2D eigenvalue weighted by Crippen LogP contribution is -2.44. The number of aldehydes is 1. The zero-order valence-electron chi connectivity index (χ0n) is 15.7. The van der Waals surface area contributed by atoms with Crippen LogP contribution in [0.15, 0.2) is 48.5 Å². The fourth-order valence-corrected chi connectivity index (χ4v) is 3.83. The average molecular weight is 395 g/mol. The number of amides is 1. The molecule has 2 heterocycles. The largest absolute Gasteiger partial charge is 0.389 e. The number of carbonyl (C=O) groups excluding carboxylic acids is 2. The van der Waals surface area contributed by atoms with Gasteiger partial charge in [-0.15, -0.1) is 0 Å². The maximum absolute atomic E-state index is 13.9. The number of H-pyrrole nitrogens is 1. The van der Waals surface area contributed by atoms with E-state index in [0.29, 0.717) is 6.42 Å². The SMILES string of the molecule is O=CC(CN[C@@H]1C(=O)NC[C@H]1O)Cc1c(-c2ccccc2)[nH]c2ccc(F)cc12. The Morgan fingerprint density at radius 2 is 2.03 bits per heavy atom. The Balaban J connectivity index is 1.63. The van der Waals surface area contributed by atoms with Crippen LogP contribution in [-0.2, 0) is 16.0 Å². The fraction of sp³-hybridized carbons (Fsp3) is 0.273. The molecule has 1 amide bonds. The van der Waals surface area contributed by atoms with Crippen LogP contribution in [0.5, 0.6) is 0 Å². The van der Waals surface area contributed by atoms with Gasteiger partial charge in [0.25, 0.3) is 0 Å². The van der Waals surface area contributed by atoms with Crippen molar-refractivity contribution in [1.82, 2.24) is 15.6 Å². The molecule has 3 atom stereocenters. The predicted molar refractivity (Wildman–Crippen MR) is 108 cm³/mol. The number of aliphatic hydroxyl groups is 1. The van der Waals surface area contributed by atoms with Crippen LogP contribution in [0, 0.1) is 11.7 Å². The smallest absolute Gasteiger partial charge is 0.239 e. The molecule has 0 spiro atoms. The van der Waals surface area contributed by atoms with E-state index in [0.717, 1.165) is 34.0 Å². The Morgan fingerprint density at radius 1 is 1.24 bits per heavy atom. The Bertz CT molecular complexity index is 1030. The van der Waals surface area contributed by atoms with Gasteiger partial charge in [-0.05, 0) is 35.7 Å². The van der Waals surface area contributed by atoms with E-state index in [1.165, 1.54) is 12.1 Å². The Morgan fingerprint density at radius 3 is 2.72 bits per heavy atom. The molecular weight excluding hydrogens is 373 g/mol. The number of benzene rings is 2. The minimum absolute atomic E-state index is 0.197. The van der Waals surface area contributed by atoms with Gasteiger partial charge in [-0.3, -0.25) is 4.79 Å². The van der Waals surface area contributed by atoms with Gasteiger partial charge in [0.15, 0.2) is 0 Å². The van der Waals surface area contributed by atoms with Gasteiger partial charge in [-0.1, -0.05) is 30.3 Å². The first-order valence-corrected chi connectivity index (χ1v) is 9.57. The fourth-order valence-electron chi connectivity index (χ4n) is 3.83. The molecule has 29 heavy (non-hydrogen) atoms. The topological polar surface area (TPSA) is 94.2 Å². The highest BCUT2D eigenvalue weighted by molar-refractivity contribution is 5.91. The van der Waals surface area contributed by atoms with Gasteiger partial charge in [0.05, 0.1) is 6.10 Å². The highest BCUT2D eigenvalue weighted by atomic mass is 19.1. The van der Waals surface area contributed by atoms with E-state index in [1.54, 1.807) is 6.07 Å². The van der Waals surface area contributed by atoms with Crippen molar-refractivity contribution < 1.29 is 19.1 Å². The first kappa shape index (κ1) is 19.3. The summed E-state index contributed by atoms with van der Waals surface area (Å²) in [5, 5.41) is 16.2. The van der Waals surface area contributed by atoms with Gasteiger partial charge < -0.3 is 25.5 Å². The normalized spacial score (nSPS) is 20.0. The summed E-state index contributed by atoms with van der Waals surface area (Å²) in [6.07, 6.45) is 0.380. The Labute approximate surface area is 167 Å². The van der Waals surface area contributed by atoms with Crippen molar-refractivity contribution >= 4 is 23.1 Å². The van der Waals surface area contributed by atoms with Crippen LogP contribution in [0.2, 0.25) is 0 Å². The molecule has 1 aliphatic heterocycles. The Hall–Kier alpha value is -3.03. The standard InChI is InChI=1S/C22H22FN3O3/c23-15-6-7-18-16(9-15)17(20(26-18)14-4-2-1-3-5-14)8-13(12-27)10-24-21-19(28)11-25-22(21)29/h1-7,9,12-13,19,21,24,26,28H,8,10-11H2,(H,25,29)/t13?,19-,21+/m1/s1. The van der Waals surface area contributed by atoms with Gasteiger partial charge in [0.1, 0.15) is 18.1 Å². The lowest BCUT2D eigenvalue weighted by atomic mass is 9.95. The molecule has 4 N–H and O–H groups in total. The molecule has 1 unspecified atom stereocenters. The molecule has 1 fully saturated rings. The summed E-state index contributed by atoms with van der Waals surface area (Å²) < 4.78 is 13.9. The maximum atomic E-state index is 13.9. The molecule has 150 valence electrons. The minimum atomic E-state index is -0.822. The molecule has 1 aromatic heterocycles. The monoisotopic (exact) mass is 395 g/mol. The summed E-state index contributed by atoms with van der Waals surface area (Å²) in [4.78, 5) is 26.9. The van der Waals surface area contributed by atoms with Gasteiger partial charge in [0.2, 0.25) is 5.91 Å². The van der Waals surface area contributed by atoms with Crippen molar-refractivity contribution in [3.63, 3.8) is 0 Å². The van der Waals surface area contributed by atoms with Crippen molar-refractivity contribution in [2.24, 2.45) is 5.92 Å². The second-order valence-electron chi connectivity index (χ2n) is 7.33. The third kappa shape index (κ3) is 3.92. The van der Waals surface area contributed by atoms with Gasteiger partial charge >= 0.3 is 0 Å². The number of aromatic nitrogens is 1. The molecule has 0 aliphatic carbocycles. The summed E-state index contributed by atoms with van der Waals surface area (Å²) >= 11 is 0. The lowest BCUT2D eigenvalue weighted by molar-refractivity contribution is -0.122. The van der Waals surface area contributed by atoms with Crippen molar-refractivity contribution in [3.8, 4) is 11.3 Å². The summed E-state index contributed by atoms with van der Waals surface area (Å²) in [5.41, 5.74) is 3.43. The first-order valence-electron chi connectivity index (χ1n) is 9.57. The maximum Gasteiger partial charge on any atom is 0.239 e. The molecule has 0 bridgehead atoms. The number of rotatable bonds is 7. The molecule has 4 rings (SSSR count). The van der Waals surface area contributed by atoms with E-state index in [-0.39, 0.29) is 24.8 Å². The first-order chi connectivity index (χ1) is 14.1. The number of halogens is 1. The number of fused-ring (bicyclic) bond motifs is 1. The van der Waals surface area contributed by atoms with Gasteiger partial charge in [-0.2, -0.15) is 0 Å². The molecule has 0 radical (unpaired) electrons. The molecule has 3 aromatic rings. The quantitative estimate of drug-likeness (QED) is 0.459. The van der Waals surface area contributed by atoms with Crippen LogP contribution in [0.1, 0.15) is 5.56 Å². The van der Waals surface area contributed by atoms with Crippen LogP contribution in [0.3, 0.4) is 0 Å².